The Morgan fingerprint density at radius 1 is 1.38 bits per heavy atom. The van der Waals surface area contributed by atoms with Gasteiger partial charge in [-0.2, -0.15) is 5.10 Å². The molecule has 0 aliphatic rings. The van der Waals surface area contributed by atoms with E-state index in [0.717, 1.165) is 24.6 Å². The number of ether oxygens (including phenoxy) is 2. The third-order valence-electron chi connectivity index (χ3n) is 3.61. The Hall–Kier alpha value is -2.10. The van der Waals surface area contributed by atoms with E-state index in [4.69, 9.17) is 9.47 Å². The van der Waals surface area contributed by atoms with Crippen molar-refractivity contribution in [2.24, 2.45) is 5.10 Å². The summed E-state index contributed by atoms with van der Waals surface area (Å²) in [6.45, 7) is 3.90. The summed E-state index contributed by atoms with van der Waals surface area (Å²) in [7, 11) is 1.58. The van der Waals surface area contributed by atoms with Crippen LogP contribution in [0.1, 0.15) is 19.4 Å². The molecule has 0 saturated carbocycles. The number of rotatable bonds is 8. The normalized spacial score (nSPS) is 11.3. The summed E-state index contributed by atoms with van der Waals surface area (Å²) in [6.07, 6.45) is 1.58. The summed E-state index contributed by atoms with van der Waals surface area (Å²) >= 11 is 6.46. The van der Waals surface area contributed by atoms with Crippen LogP contribution < -0.4 is 14.9 Å². The number of thiazole rings is 1. The van der Waals surface area contributed by atoms with E-state index in [1.807, 2.05) is 44.2 Å². The van der Waals surface area contributed by atoms with Crippen LogP contribution >= 0.6 is 39.0 Å². The molecule has 1 heterocycles. The van der Waals surface area contributed by atoms with Crippen molar-refractivity contribution in [1.29, 1.82) is 0 Å². The van der Waals surface area contributed by atoms with E-state index in [9.17, 15) is 4.79 Å². The first kappa shape index (κ1) is 21.6. The van der Waals surface area contributed by atoms with E-state index >= 15 is 0 Å². The van der Waals surface area contributed by atoms with Crippen LogP contribution in [0.4, 0.5) is 0 Å². The summed E-state index contributed by atoms with van der Waals surface area (Å²) in [5, 5.41) is 4.03. The molecule has 1 aromatic heterocycles. The number of carbonyl (C=O) groups excluding carboxylic acids is 1. The first-order valence-corrected chi connectivity index (χ1v) is 11.4. The van der Waals surface area contributed by atoms with Crippen molar-refractivity contribution in [3.8, 4) is 11.5 Å². The number of nitrogens with zero attached hydrogens (tertiary/aromatic N) is 2. The summed E-state index contributed by atoms with van der Waals surface area (Å²) in [4.78, 5) is 16.6. The van der Waals surface area contributed by atoms with Crippen molar-refractivity contribution in [1.82, 2.24) is 10.4 Å². The number of hydrogen-bond donors (Lipinski definition) is 1. The summed E-state index contributed by atoms with van der Waals surface area (Å²) in [5.74, 6) is 1.27. The Morgan fingerprint density at radius 2 is 2.17 bits per heavy atom. The first-order chi connectivity index (χ1) is 14.0. The molecule has 2 aromatic carbocycles. The lowest BCUT2D eigenvalue weighted by Gasteiger charge is -2.15. The molecule has 3 aromatic rings. The topological polar surface area (TPSA) is 72.8 Å². The van der Waals surface area contributed by atoms with Gasteiger partial charge in [-0.1, -0.05) is 23.9 Å². The van der Waals surface area contributed by atoms with Gasteiger partial charge in [0.05, 0.1) is 39.9 Å². The Bertz CT molecular complexity index is 1000. The predicted molar refractivity (Wildman–Crippen MR) is 123 cm³/mol. The predicted octanol–water partition coefficient (Wildman–Crippen LogP) is 5.10. The van der Waals surface area contributed by atoms with Gasteiger partial charge in [-0.25, -0.2) is 10.4 Å². The van der Waals surface area contributed by atoms with Gasteiger partial charge in [-0.15, -0.1) is 11.3 Å². The number of nitrogens with one attached hydrogen (secondary N) is 1. The van der Waals surface area contributed by atoms with Crippen molar-refractivity contribution in [2.45, 2.75) is 24.3 Å². The average Bonchev–Trinajstić information content (AvgIpc) is 3.11. The number of methoxy groups -OCH3 is 1. The molecule has 0 bridgehead atoms. The van der Waals surface area contributed by atoms with Crippen LogP contribution in [0.25, 0.3) is 10.2 Å². The molecule has 0 saturated heterocycles. The molecule has 29 heavy (non-hydrogen) atoms. The van der Waals surface area contributed by atoms with Gasteiger partial charge < -0.3 is 9.47 Å². The van der Waals surface area contributed by atoms with Gasteiger partial charge in [-0.3, -0.25) is 4.79 Å². The molecular weight excluding hydrogens is 474 g/mol. The van der Waals surface area contributed by atoms with Crippen LogP contribution in [0.3, 0.4) is 0 Å². The van der Waals surface area contributed by atoms with Crippen molar-refractivity contribution < 1.29 is 14.3 Å². The van der Waals surface area contributed by atoms with Gasteiger partial charge >= 0.3 is 0 Å². The fraction of sp³-hybridized carbons (Fsp3) is 0.250. The maximum absolute atomic E-state index is 12.1. The van der Waals surface area contributed by atoms with Crippen LogP contribution in [-0.2, 0) is 4.79 Å². The molecule has 1 N–H and O–H groups in total. The van der Waals surface area contributed by atoms with Gasteiger partial charge in [0, 0.05) is 0 Å². The van der Waals surface area contributed by atoms with E-state index in [-0.39, 0.29) is 17.8 Å². The highest BCUT2D eigenvalue weighted by Gasteiger charge is 2.13. The van der Waals surface area contributed by atoms with E-state index in [0.29, 0.717) is 11.5 Å². The van der Waals surface area contributed by atoms with Crippen LogP contribution in [0, 0.1) is 0 Å². The molecular formula is C20H20BrN3O3S2. The van der Waals surface area contributed by atoms with Crippen LogP contribution in [0.5, 0.6) is 11.5 Å². The molecule has 3 rings (SSSR count). The SMILES string of the molecule is COc1cc(/C=N/NC(=O)CSc2nc3ccccc3s2)cc(Br)c1OC(C)C. The molecule has 0 aliphatic carbocycles. The number of aromatic nitrogens is 1. The molecule has 0 spiro atoms. The largest absolute Gasteiger partial charge is 0.493 e. The fourth-order valence-electron chi connectivity index (χ4n) is 2.42. The highest BCUT2D eigenvalue weighted by molar-refractivity contribution is 9.10. The van der Waals surface area contributed by atoms with Gasteiger partial charge in [-0.05, 0) is 59.6 Å². The second-order valence-electron chi connectivity index (χ2n) is 6.23. The van der Waals surface area contributed by atoms with Gasteiger partial charge in [0.1, 0.15) is 0 Å². The van der Waals surface area contributed by atoms with Crippen LogP contribution in [0.15, 0.2) is 50.3 Å². The third-order valence-corrected chi connectivity index (χ3v) is 6.38. The summed E-state index contributed by atoms with van der Waals surface area (Å²) in [6, 6.07) is 11.6. The van der Waals surface area contributed by atoms with Gasteiger partial charge in [0.2, 0.25) is 0 Å². The van der Waals surface area contributed by atoms with Crippen LogP contribution in [-0.4, -0.2) is 36.1 Å². The van der Waals surface area contributed by atoms with Crippen molar-refractivity contribution >= 4 is 61.4 Å². The monoisotopic (exact) mass is 493 g/mol. The van der Waals surface area contributed by atoms with E-state index in [2.05, 4.69) is 31.4 Å². The third kappa shape index (κ3) is 5.94. The Morgan fingerprint density at radius 3 is 2.90 bits per heavy atom. The molecule has 9 heteroatoms. The molecule has 152 valence electrons. The zero-order valence-electron chi connectivity index (χ0n) is 16.1. The maximum atomic E-state index is 12.1. The number of carbonyl (C=O) groups is 1. The molecule has 0 atom stereocenters. The number of fused-ring (bicyclic) bond motifs is 1. The molecule has 0 aliphatic heterocycles. The van der Waals surface area contributed by atoms with Crippen molar-refractivity contribution in [3.63, 3.8) is 0 Å². The second-order valence-corrected chi connectivity index (χ2v) is 9.34. The number of halogens is 1. The lowest BCUT2D eigenvalue weighted by molar-refractivity contribution is -0.118. The summed E-state index contributed by atoms with van der Waals surface area (Å²) in [5.41, 5.74) is 4.25. The highest BCUT2D eigenvalue weighted by atomic mass is 79.9. The first-order valence-electron chi connectivity index (χ1n) is 8.80. The number of thioether (sulfide) groups is 1. The smallest absolute Gasteiger partial charge is 0.250 e. The molecule has 1 amide bonds. The maximum Gasteiger partial charge on any atom is 0.250 e. The molecule has 0 radical (unpaired) electrons. The van der Waals surface area contributed by atoms with Crippen molar-refractivity contribution in [3.05, 3.63) is 46.4 Å². The minimum Gasteiger partial charge on any atom is -0.493 e. The Labute approximate surface area is 185 Å². The average molecular weight is 494 g/mol. The van der Waals surface area contributed by atoms with Crippen LogP contribution in [0.2, 0.25) is 0 Å². The number of benzene rings is 2. The minimum atomic E-state index is -0.198. The van der Waals surface area contributed by atoms with E-state index in [1.165, 1.54) is 11.8 Å². The number of hydrogen-bond acceptors (Lipinski definition) is 7. The zero-order chi connectivity index (χ0) is 20.8. The Balaban J connectivity index is 1.57. The number of amides is 1. The molecule has 6 nitrogen and oxygen atoms in total. The summed E-state index contributed by atoms with van der Waals surface area (Å²) < 4.78 is 13.9. The molecule has 0 fully saturated rings. The zero-order valence-corrected chi connectivity index (χ0v) is 19.4. The van der Waals surface area contributed by atoms with E-state index < -0.39 is 0 Å². The second kappa shape index (κ2) is 10.1. The fourth-order valence-corrected chi connectivity index (χ4v) is 4.83. The van der Waals surface area contributed by atoms with Gasteiger partial charge in [0.15, 0.2) is 15.8 Å². The highest BCUT2D eigenvalue weighted by Crippen LogP contribution is 2.37. The number of hydrazone groups is 1. The number of para-hydroxylation sites is 1. The van der Waals surface area contributed by atoms with Gasteiger partial charge in [0.25, 0.3) is 5.91 Å². The lowest BCUT2D eigenvalue weighted by Crippen LogP contribution is -2.19. The Kier molecular flexibility index (Phi) is 7.51. The molecule has 0 unspecified atom stereocenters. The van der Waals surface area contributed by atoms with Crippen molar-refractivity contribution in [2.75, 3.05) is 12.9 Å². The lowest BCUT2D eigenvalue weighted by atomic mass is 10.2. The van der Waals surface area contributed by atoms with E-state index in [1.54, 1.807) is 30.7 Å². The minimum absolute atomic E-state index is 0.0203. The quantitative estimate of drug-likeness (QED) is 0.268. The standard InChI is InChI=1S/C20H20BrN3O3S2/c1-12(2)27-19-14(21)8-13(9-16(19)26-3)10-22-24-18(25)11-28-20-23-15-6-4-5-7-17(15)29-20/h4-10,12H,11H2,1-3H3,(H,24,25)/b22-10+.